The number of fused-ring (bicyclic) bond motifs is 7. The molecule has 3 N–H and O–H groups in total. The summed E-state index contributed by atoms with van der Waals surface area (Å²) in [6, 6.07) is 46.5. The number of hydrogen-bond acceptors (Lipinski definition) is 6. The van der Waals surface area contributed by atoms with Crippen molar-refractivity contribution in [2.75, 3.05) is 18.4 Å². The van der Waals surface area contributed by atoms with Gasteiger partial charge in [-0.3, -0.25) is 0 Å². The lowest BCUT2D eigenvalue weighted by atomic mass is 9.97. The van der Waals surface area contributed by atoms with Crippen LogP contribution in [0.1, 0.15) is 41.5 Å². The fourth-order valence-corrected chi connectivity index (χ4v) is 8.15. The van der Waals surface area contributed by atoms with E-state index in [-0.39, 0.29) is 5.41 Å². The minimum absolute atomic E-state index is 0.216. The van der Waals surface area contributed by atoms with E-state index in [0.29, 0.717) is 5.41 Å². The molecule has 57 heavy (non-hydrogen) atoms. The number of halogens is 1. The second-order valence-corrected chi connectivity index (χ2v) is 18.4. The Morgan fingerprint density at radius 3 is 1.54 bits per heavy atom. The van der Waals surface area contributed by atoms with Gasteiger partial charge in [0.2, 0.25) is 0 Å². The van der Waals surface area contributed by atoms with Crippen molar-refractivity contribution >= 4 is 109 Å². The van der Waals surface area contributed by atoms with Crippen LogP contribution in [0, 0.1) is 10.8 Å². The van der Waals surface area contributed by atoms with Crippen LogP contribution in [0.5, 0.6) is 0 Å². The van der Waals surface area contributed by atoms with Gasteiger partial charge in [-0.05, 0) is 94.1 Å². The predicted octanol–water partition coefficient (Wildman–Crippen LogP) is 14.1. The molecule has 0 aliphatic carbocycles. The zero-order valence-electron chi connectivity index (χ0n) is 33.2. The van der Waals surface area contributed by atoms with Crippen molar-refractivity contribution in [2.24, 2.45) is 21.6 Å². The van der Waals surface area contributed by atoms with Crippen LogP contribution in [0.2, 0.25) is 0 Å². The number of nitrogens with one attached hydrogen (secondary N) is 1. The number of nitrogens with zero attached hydrogens (tertiary/aromatic N) is 4. The van der Waals surface area contributed by atoms with E-state index < -0.39 is 0 Å². The van der Waals surface area contributed by atoms with Crippen molar-refractivity contribution in [1.82, 2.24) is 14.1 Å². The molecule has 288 valence electrons. The maximum Gasteiger partial charge on any atom is 0.183 e. The second kappa shape index (κ2) is 16.8. The summed E-state index contributed by atoms with van der Waals surface area (Å²) in [6.07, 6.45) is 0. The van der Waals surface area contributed by atoms with E-state index in [1.807, 2.05) is 12.1 Å². The molecule has 0 bridgehead atoms. The summed E-state index contributed by atoms with van der Waals surface area (Å²) in [4.78, 5) is 9.24. The van der Waals surface area contributed by atoms with Gasteiger partial charge in [-0.25, -0.2) is 4.98 Å². The molecular formula is C48H47BrN6S2. The number of aliphatic imine (C=N–C) groups is 1. The minimum atomic E-state index is 0.216. The van der Waals surface area contributed by atoms with Crippen LogP contribution < -0.4 is 11.1 Å². The number of thiazole rings is 1. The van der Waals surface area contributed by atoms with Crippen molar-refractivity contribution in [3.05, 3.63) is 138 Å². The van der Waals surface area contributed by atoms with Crippen molar-refractivity contribution in [3.8, 4) is 11.4 Å². The molecule has 3 aromatic heterocycles. The molecule has 0 atom stereocenters. The summed E-state index contributed by atoms with van der Waals surface area (Å²) in [5.41, 5.74) is 14.5. The van der Waals surface area contributed by atoms with Crippen LogP contribution in [0.4, 0.5) is 10.8 Å². The highest BCUT2D eigenvalue weighted by atomic mass is 79.9. The summed E-state index contributed by atoms with van der Waals surface area (Å²) >= 11 is 10.1. The highest BCUT2D eigenvalue weighted by Gasteiger charge is 2.18. The Labute approximate surface area is 352 Å². The van der Waals surface area contributed by atoms with Gasteiger partial charge in [0, 0.05) is 32.6 Å². The number of para-hydroxylation sites is 6. The van der Waals surface area contributed by atoms with Gasteiger partial charge in [-0.1, -0.05) is 138 Å². The maximum atomic E-state index is 5.31. The van der Waals surface area contributed by atoms with E-state index in [1.54, 1.807) is 11.3 Å². The van der Waals surface area contributed by atoms with E-state index in [0.717, 1.165) is 56.3 Å². The van der Waals surface area contributed by atoms with Gasteiger partial charge in [0.15, 0.2) is 5.13 Å². The molecule has 3 heterocycles. The van der Waals surface area contributed by atoms with Gasteiger partial charge in [0.05, 0.1) is 43.3 Å². The molecule has 9 aromatic rings. The molecule has 0 fully saturated rings. The molecular weight excluding hydrogens is 805 g/mol. The lowest BCUT2D eigenvalue weighted by molar-refractivity contribution is 0.428. The fourth-order valence-electron chi connectivity index (χ4n) is 6.74. The average molecular weight is 852 g/mol. The summed E-state index contributed by atoms with van der Waals surface area (Å²) < 4.78 is 6.67. The Morgan fingerprint density at radius 1 is 0.649 bits per heavy atom. The van der Waals surface area contributed by atoms with Crippen molar-refractivity contribution in [3.63, 3.8) is 0 Å². The summed E-state index contributed by atoms with van der Waals surface area (Å²) in [5, 5.41) is 12.0. The Kier molecular flexibility index (Phi) is 11.8. The zero-order chi connectivity index (χ0) is 40.3. The van der Waals surface area contributed by atoms with E-state index in [2.05, 4.69) is 203 Å². The number of rotatable bonds is 5. The Morgan fingerprint density at radius 2 is 1.09 bits per heavy atom. The van der Waals surface area contributed by atoms with Crippen LogP contribution in [0.15, 0.2) is 143 Å². The smallest absolute Gasteiger partial charge is 0.183 e. The monoisotopic (exact) mass is 850 g/mol. The highest BCUT2D eigenvalue weighted by molar-refractivity contribution is 9.10. The van der Waals surface area contributed by atoms with Crippen molar-refractivity contribution in [2.45, 2.75) is 41.5 Å². The standard InChI is InChI=1S/C24H23N3S.C19H11BrN2S.C5H13N/c1-24(2,3)15-25-23-26-22-20(13-8-14-21(22)28-23)27-18-11-6-4-9-16(18)17-10-5-7-12-19(17)27;20-15-8-5-11-18(19(15)21-12-23)22-16-9-3-1-6-13(16)14-7-2-4-10-17(14)22;1-5(2,3)4-6/h4-14H,15H2,1-3H3,(H,25,26);1-11H;4,6H2,1-3H3. The highest BCUT2D eigenvalue weighted by Crippen LogP contribution is 2.39. The first-order valence-electron chi connectivity index (χ1n) is 19.1. The van der Waals surface area contributed by atoms with E-state index in [1.165, 1.54) is 37.3 Å². The summed E-state index contributed by atoms with van der Waals surface area (Å²) in [5.74, 6) is 0. The second-order valence-electron chi connectivity index (χ2n) is 16.4. The first-order valence-corrected chi connectivity index (χ1v) is 21.1. The van der Waals surface area contributed by atoms with Gasteiger partial charge >= 0.3 is 0 Å². The number of thiocarbonyl (C=S) groups is 1. The van der Waals surface area contributed by atoms with Gasteiger partial charge < -0.3 is 20.2 Å². The molecule has 0 saturated heterocycles. The number of nitrogens with two attached hydrogens (primary N) is 1. The fraction of sp³-hybridized carbons (Fsp3) is 0.208. The van der Waals surface area contributed by atoms with Gasteiger partial charge in [0.25, 0.3) is 0 Å². The average Bonchev–Trinajstić information content (AvgIpc) is 3.88. The van der Waals surface area contributed by atoms with Crippen LogP contribution in [0.3, 0.4) is 0 Å². The van der Waals surface area contributed by atoms with Gasteiger partial charge in [-0.2, -0.15) is 4.99 Å². The molecule has 0 aliphatic heterocycles. The van der Waals surface area contributed by atoms with Crippen molar-refractivity contribution in [1.29, 1.82) is 0 Å². The van der Waals surface area contributed by atoms with Crippen molar-refractivity contribution < 1.29 is 0 Å². The van der Waals surface area contributed by atoms with Crippen LogP contribution in [-0.2, 0) is 0 Å². The SMILES string of the molecule is CC(C)(C)CN.CC(C)(C)CNc1nc2c(-n3c4ccccc4c4ccccc43)cccc2s1.S=C=Nc1c(Br)cccc1-n1c2ccccc2c2ccccc21. The molecule has 0 spiro atoms. The molecule has 6 nitrogen and oxygen atoms in total. The molecule has 6 aromatic carbocycles. The Bertz CT molecular complexity index is 2790. The van der Waals surface area contributed by atoms with Gasteiger partial charge in [0.1, 0.15) is 11.2 Å². The molecule has 0 amide bonds. The summed E-state index contributed by atoms with van der Waals surface area (Å²) in [7, 11) is 0. The van der Waals surface area contributed by atoms with Crippen LogP contribution >= 0.6 is 39.5 Å². The molecule has 0 unspecified atom stereocenters. The van der Waals surface area contributed by atoms with E-state index in [9.17, 15) is 0 Å². The molecule has 0 saturated carbocycles. The molecule has 0 aliphatic rings. The van der Waals surface area contributed by atoms with Gasteiger partial charge in [-0.15, -0.1) is 0 Å². The third-order valence-electron chi connectivity index (χ3n) is 9.54. The number of aromatic nitrogens is 3. The first kappa shape index (κ1) is 40.1. The first-order chi connectivity index (χ1) is 27.4. The molecule has 0 radical (unpaired) electrons. The van der Waals surface area contributed by atoms with Crippen LogP contribution in [0.25, 0.3) is 65.2 Å². The van der Waals surface area contributed by atoms with E-state index >= 15 is 0 Å². The minimum Gasteiger partial charge on any atom is -0.361 e. The quantitative estimate of drug-likeness (QED) is 0.134. The number of hydrogen-bond donors (Lipinski definition) is 2. The zero-order valence-corrected chi connectivity index (χ0v) is 36.4. The Balaban J connectivity index is 0.000000155. The maximum absolute atomic E-state index is 5.31. The van der Waals surface area contributed by atoms with E-state index in [4.69, 9.17) is 22.9 Å². The third kappa shape index (κ3) is 8.59. The molecule has 9 heteroatoms. The molecule has 9 rings (SSSR count). The van der Waals surface area contributed by atoms with Crippen LogP contribution in [-0.4, -0.2) is 32.4 Å². The third-order valence-corrected chi connectivity index (χ3v) is 11.3. The number of isothiocyanates is 1. The Hall–Kier alpha value is -5.15. The topological polar surface area (TPSA) is 73.2 Å². The largest absolute Gasteiger partial charge is 0.361 e. The normalized spacial score (nSPS) is 11.6. The lowest BCUT2D eigenvalue weighted by Gasteiger charge is -2.17. The lowest BCUT2D eigenvalue weighted by Crippen LogP contribution is -2.18. The summed E-state index contributed by atoms with van der Waals surface area (Å²) in [6.45, 7) is 14.7. The number of anilines is 1. The number of benzene rings is 6. The predicted molar refractivity (Wildman–Crippen MR) is 254 cm³/mol.